The molecule has 32 heavy (non-hydrogen) atoms. The maximum atomic E-state index is 13.4. The average Bonchev–Trinajstić information content (AvgIpc) is 2.82. The van der Waals surface area contributed by atoms with Crippen molar-refractivity contribution in [2.75, 3.05) is 13.1 Å². The van der Waals surface area contributed by atoms with Gasteiger partial charge in [-0.3, -0.25) is 4.79 Å². The minimum atomic E-state index is -3.53. The van der Waals surface area contributed by atoms with Crippen molar-refractivity contribution in [3.63, 3.8) is 0 Å². The molecule has 174 valence electrons. The molecule has 0 unspecified atom stereocenters. The van der Waals surface area contributed by atoms with Gasteiger partial charge in [-0.2, -0.15) is 4.31 Å². The number of nitrogens with zero attached hydrogens (tertiary/aromatic N) is 2. The van der Waals surface area contributed by atoms with E-state index in [4.69, 9.17) is 0 Å². The van der Waals surface area contributed by atoms with Gasteiger partial charge in [0.1, 0.15) is 0 Å². The molecule has 1 saturated heterocycles. The normalized spacial score (nSPS) is 16.8. The summed E-state index contributed by atoms with van der Waals surface area (Å²) in [6.07, 6.45) is 2.01. The van der Waals surface area contributed by atoms with Gasteiger partial charge < -0.3 is 4.90 Å². The van der Waals surface area contributed by atoms with Gasteiger partial charge in [0.05, 0.1) is 4.90 Å². The molecule has 0 N–H and O–H groups in total. The number of carbonyl (C=O) groups excluding carboxylic acids is 1. The highest BCUT2D eigenvalue weighted by Crippen LogP contribution is 2.27. The third kappa shape index (κ3) is 5.59. The molecule has 0 bridgehead atoms. The van der Waals surface area contributed by atoms with Crippen molar-refractivity contribution in [3.8, 4) is 0 Å². The second-order valence-electron chi connectivity index (χ2n) is 9.11. The van der Waals surface area contributed by atoms with Crippen molar-refractivity contribution >= 4 is 15.9 Å². The summed E-state index contributed by atoms with van der Waals surface area (Å²) in [5.41, 5.74) is 2.24. The molecule has 5 nitrogen and oxygen atoms in total. The smallest absolute Gasteiger partial charge is 0.243 e. The van der Waals surface area contributed by atoms with Crippen molar-refractivity contribution < 1.29 is 13.2 Å². The summed E-state index contributed by atoms with van der Waals surface area (Å²) < 4.78 is 27.7. The molecule has 1 amide bonds. The summed E-state index contributed by atoms with van der Waals surface area (Å²) in [5, 5.41) is 0. The van der Waals surface area contributed by atoms with E-state index in [9.17, 15) is 13.2 Å². The SMILES string of the molecule is CC[C@@H](C)N(Cc1ccccc1)C(=O)C1CCN(S(=O)(=O)c2ccc(C(C)C)cc2)CC1. The summed E-state index contributed by atoms with van der Waals surface area (Å²) in [6.45, 7) is 9.71. The topological polar surface area (TPSA) is 57.7 Å². The lowest BCUT2D eigenvalue weighted by Gasteiger charge is -2.36. The monoisotopic (exact) mass is 456 g/mol. The zero-order chi connectivity index (χ0) is 23.3. The Balaban J connectivity index is 1.67. The van der Waals surface area contributed by atoms with Gasteiger partial charge in [0.2, 0.25) is 15.9 Å². The first-order valence-corrected chi connectivity index (χ1v) is 13.1. The quantitative estimate of drug-likeness (QED) is 0.559. The maximum absolute atomic E-state index is 13.4. The highest BCUT2D eigenvalue weighted by molar-refractivity contribution is 7.89. The fourth-order valence-corrected chi connectivity index (χ4v) is 5.67. The molecular weight excluding hydrogens is 420 g/mol. The van der Waals surface area contributed by atoms with Crippen LogP contribution in [0.2, 0.25) is 0 Å². The number of carbonyl (C=O) groups is 1. The first kappa shape index (κ1) is 24.5. The van der Waals surface area contributed by atoms with Gasteiger partial charge in [0.25, 0.3) is 0 Å². The molecule has 1 fully saturated rings. The molecule has 6 heteroatoms. The Morgan fingerprint density at radius 2 is 1.59 bits per heavy atom. The average molecular weight is 457 g/mol. The highest BCUT2D eigenvalue weighted by Gasteiger charge is 2.34. The van der Waals surface area contributed by atoms with Gasteiger partial charge in [0.15, 0.2) is 0 Å². The van der Waals surface area contributed by atoms with E-state index in [1.54, 1.807) is 12.1 Å². The van der Waals surface area contributed by atoms with Crippen LogP contribution in [0.5, 0.6) is 0 Å². The van der Waals surface area contributed by atoms with Crippen molar-refractivity contribution in [2.45, 2.75) is 70.4 Å². The number of hydrogen-bond donors (Lipinski definition) is 0. The van der Waals surface area contributed by atoms with E-state index < -0.39 is 10.0 Å². The van der Waals surface area contributed by atoms with Crippen molar-refractivity contribution in [2.24, 2.45) is 5.92 Å². The Kier molecular flexibility index (Phi) is 8.12. The number of benzene rings is 2. The second kappa shape index (κ2) is 10.6. The number of hydrogen-bond acceptors (Lipinski definition) is 3. The standard InChI is InChI=1S/C26H36N2O3S/c1-5-21(4)28(19-22-9-7-6-8-10-22)26(29)24-15-17-27(18-16-24)32(30,31)25-13-11-23(12-14-25)20(2)3/h6-14,20-21,24H,5,15-19H2,1-4H3/t21-/m1/s1. The first-order chi connectivity index (χ1) is 15.2. The van der Waals surface area contributed by atoms with Crippen LogP contribution in [0.15, 0.2) is 59.5 Å². The van der Waals surface area contributed by atoms with Gasteiger partial charge in [-0.1, -0.05) is 63.2 Å². The molecule has 0 spiro atoms. The van der Waals surface area contributed by atoms with Crippen LogP contribution in [0.3, 0.4) is 0 Å². The molecule has 0 saturated carbocycles. The van der Waals surface area contributed by atoms with Crippen LogP contribution in [0.25, 0.3) is 0 Å². The molecule has 0 aromatic heterocycles. The number of rotatable bonds is 8. The van der Waals surface area contributed by atoms with E-state index in [-0.39, 0.29) is 17.9 Å². The Labute approximate surface area is 193 Å². The third-order valence-corrected chi connectivity index (χ3v) is 8.50. The van der Waals surface area contributed by atoms with Gasteiger partial charge >= 0.3 is 0 Å². The molecule has 0 radical (unpaired) electrons. The minimum absolute atomic E-state index is 0.137. The van der Waals surface area contributed by atoms with Crippen molar-refractivity contribution in [1.29, 1.82) is 0 Å². The minimum Gasteiger partial charge on any atom is -0.335 e. The highest BCUT2D eigenvalue weighted by atomic mass is 32.2. The Morgan fingerprint density at radius 3 is 2.12 bits per heavy atom. The van der Waals surface area contributed by atoms with Crippen molar-refractivity contribution in [3.05, 3.63) is 65.7 Å². The van der Waals surface area contributed by atoms with Gasteiger partial charge in [-0.15, -0.1) is 0 Å². The second-order valence-corrected chi connectivity index (χ2v) is 11.0. The fraction of sp³-hybridized carbons (Fsp3) is 0.500. The first-order valence-electron chi connectivity index (χ1n) is 11.7. The summed E-state index contributed by atoms with van der Waals surface area (Å²) in [5.74, 6) is 0.363. The van der Waals surface area contributed by atoms with E-state index in [1.807, 2.05) is 47.4 Å². The molecule has 1 heterocycles. The van der Waals surface area contributed by atoms with Crippen LogP contribution in [-0.4, -0.2) is 42.7 Å². The van der Waals surface area contributed by atoms with Crippen LogP contribution in [0.1, 0.15) is 64.0 Å². The molecule has 2 aromatic carbocycles. The Bertz CT molecular complexity index is 979. The zero-order valence-electron chi connectivity index (χ0n) is 19.7. The molecule has 0 aliphatic carbocycles. The van der Waals surface area contributed by atoms with Gasteiger partial charge in [-0.05, 0) is 55.4 Å². The molecule has 2 aromatic rings. The van der Waals surface area contributed by atoms with Gasteiger partial charge in [0, 0.05) is 31.6 Å². The van der Waals surface area contributed by atoms with Crippen LogP contribution in [0, 0.1) is 5.92 Å². The van der Waals surface area contributed by atoms with Crippen LogP contribution >= 0.6 is 0 Å². The summed E-state index contributed by atoms with van der Waals surface area (Å²) in [6, 6.07) is 17.4. The third-order valence-electron chi connectivity index (χ3n) is 6.59. The van der Waals surface area contributed by atoms with Gasteiger partial charge in [-0.25, -0.2) is 8.42 Å². The molecule has 1 aliphatic rings. The lowest BCUT2D eigenvalue weighted by atomic mass is 9.95. The van der Waals surface area contributed by atoms with E-state index in [0.29, 0.717) is 43.3 Å². The molecule has 1 atom stereocenters. The lowest BCUT2D eigenvalue weighted by Crippen LogP contribution is -2.46. The van der Waals surface area contributed by atoms with Crippen LogP contribution in [0.4, 0.5) is 0 Å². The maximum Gasteiger partial charge on any atom is 0.243 e. The van der Waals surface area contributed by atoms with E-state index in [0.717, 1.165) is 17.5 Å². The summed E-state index contributed by atoms with van der Waals surface area (Å²) in [7, 11) is -3.53. The van der Waals surface area contributed by atoms with E-state index >= 15 is 0 Å². The molecule has 1 aliphatic heterocycles. The predicted octanol–water partition coefficient (Wildman–Crippen LogP) is 5.04. The largest absolute Gasteiger partial charge is 0.335 e. The number of sulfonamides is 1. The van der Waals surface area contributed by atoms with Crippen molar-refractivity contribution in [1.82, 2.24) is 9.21 Å². The lowest BCUT2D eigenvalue weighted by molar-refractivity contribution is -0.139. The predicted molar refractivity (Wildman–Crippen MR) is 129 cm³/mol. The van der Waals surface area contributed by atoms with E-state index in [2.05, 4.69) is 27.7 Å². The Morgan fingerprint density at radius 1 is 1.00 bits per heavy atom. The summed E-state index contributed by atoms with van der Waals surface area (Å²) in [4.78, 5) is 15.7. The van der Waals surface area contributed by atoms with Crippen LogP contribution in [-0.2, 0) is 21.4 Å². The van der Waals surface area contributed by atoms with E-state index in [1.165, 1.54) is 4.31 Å². The molecular formula is C26H36N2O3S. The number of amides is 1. The molecule has 3 rings (SSSR count). The fourth-order valence-electron chi connectivity index (χ4n) is 4.20. The van der Waals surface area contributed by atoms with Crippen LogP contribution < -0.4 is 0 Å². The zero-order valence-corrected chi connectivity index (χ0v) is 20.5. The number of piperidine rings is 1. The Hall–Kier alpha value is -2.18. The summed E-state index contributed by atoms with van der Waals surface area (Å²) >= 11 is 0.